The van der Waals surface area contributed by atoms with Crippen molar-refractivity contribution >= 4 is 34.8 Å². The number of hydrogen-bond donors (Lipinski definition) is 1. The summed E-state index contributed by atoms with van der Waals surface area (Å²) in [6.07, 6.45) is 0.401. The summed E-state index contributed by atoms with van der Waals surface area (Å²) >= 11 is 6.15. The Hall–Kier alpha value is -3.91. The first-order valence-electron chi connectivity index (χ1n) is 9.68. The number of rotatable bonds is 6. The molecule has 1 atom stereocenters. The predicted octanol–water partition coefficient (Wildman–Crippen LogP) is 4.24. The van der Waals surface area contributed by atoms with Gasteiger partial charge in [0.2, 0.25) is 6.10 Å². The van der Waals surface area contributed by atoms with Crippen LogP contribution in [-0.2, 0) is 9.53 Å². The van der Waals surface area contributed by atoms with Gasteiger partial charge in [0, 0.05) is 17.4 Å². The highest BCUT2D eigenvalue weighted by Crippen LogP contribution is 2.28. The van der Waals surface area contributed by atoms with Gasteiger partial charge in [0.1, 0.15) is 11.6 Å². The number of carbonyl (C=O) groups is 2. The Morgan fingerprint density at radius 2 is 1.84 bits per heavy atom. The zero-order chi connectivity index (χ0) is 22.7. The Bertz CT molecular complexity index is 1290. The molecule has 0 bridgehead atoms. The van der Waals surface area contributed by atoms with E-state index in [1.54, 1.807) is 72.1 Å². The molecule has 32 heavy (non-hydrogen) atoms. The molecule has 4 aromatic rings. The van der Waals surface area contributed by atoms with Crippen molar-refractivity contribution in [1.82, 2.24) is 14.6 Å². The van der Waals surface area contributed by atoms with Crippen LogP contribution < -0.4 is 10.1 Å². The molecule has 2 aromatic heterocycles. The summed E-state index contributed by atoms with van der Waals surface area (Å²) in [4.78, 5) is 26.0. The van der Waals surface area contributed by atoms with Crippen LogP contribution in [0.1, 0.15) is 27.8 Å². The monoisotopic (exact) mass is 450 g/mol. The van der Waals surface area contributed by atoms with E-state index in [1.807, 2.05) is 6.07 Å². The first kappa shape index (κ1) is 21.3. The lowest BCUT2D eigenvalue weighted by atomic mass is 10.1. The molecule has 0 saturated carbocycles. The lowest BCUT2D eigenvalue weighted by Gasteiger charge is -2.18. The molecule has 1 unspecified atom stereocenters. The van der Waals surface area contributed by atoms with Crippen LogP contribution in [0.15, 0.2) is 66.9 Å². The topological polar surface area (TPSA) is 94.8 Å². The second-order valence-electron chi connectivity index (χ2n) is 6.93. The van der Waals surface area contributed by atoms with E-state index >= 15 is 0 Å². The van der Waals surface area contributed by atoms with Crippen molar-refractivity contribution in [3.05, 3.63) is 88.8 Å². The molecule has 162 valence electrons. The van der Waals surface area contributed by atoms with Gasteiger partial charge >= 0.3 is 5.97 Å². The molecule has 1 N–H and O–H groups in total. The molecule has 2 aromatic carbocycles. The molecule has 0 saturated heterocycles. The van der Waals surface area contributed by atoms with Crippen LogP contribution in [0.3, 0.4) is 0 Å². The molecule has 2 heterocycles. The second-order valence-corrected chi connectivity index (χ2v) is 7.33. The van der Waals surface area contributed by atoms with E-state index in [9.17, 15) is 9.59 Å². The van der Waals surface area contributed by atoms with E-state index in [2.05, 4.69) is 15.5 Å². The zero-order valence-electron chi connectivity index (χ0n) is 17.3. The van der Waals surface area contributed by atoms with E-state index in [0.717, 1.165) is 0 Å². The molecule has 8 nitrogen and oxygen atoms in total. The summed E-state index contributed by atoms with van der Waals surface area (Å²) in [5.74, 6) is -0.0668. The first-order valence-corrected chi connectivity index (χ1v) is 10.1. The molecule has 0 radical (unpaired) electrons. The zero-order valence-corrected chi connectivity index (χ0v) is 18.0. The predicted molar refractivity (Wildman–Crippen MR) is 119 cm³/mol. The van der Waals surface area contributed by atoms with E-state index in [0.29, 0.717) is 33.5 Å². The number of nitrogens with zero attached hydrogens (tertiary/aromatic N) is 3. The van der Waals surface area contributed by atoms with Crippen LogP contribution in [0.25, 0.3) is 5.65 Å². The molecule has 0 aliphatic heterocycles. The number of nitrogens with one attached hydrogen (secondary N) is 1. The molecular formula is C23H19ClN4O4. The number of amides is 1. The standard InChI is InChI=1S/C23H19ClN4O4/c1-14-26-27-20-11-8-16(13-28(14)20)23(30)32-21(15-6-4-3-5-7-15)22(29)25-17-9-10-19(31-2)18(24)12-17/h3-13,21H,1-2H3,(H,25,29). The highest BCUT2D eigenvalue weighted by atomic mass is 35.5. The largest absolute Gasteiger partial charge is 0.495 e. The number of benzene rings is 2. The maximum absolute atomic E-state index is 13.1. The van der Waals surface area contributed by atoms with Crippen molar-refractivity contribution < 1.29 is 19.1 Å². The number of methoxy groups -OCH3 is 1. The van der Waals surface area contributed by atoms with Gasteiger partial charge in [-0.3, -0.25) is 9.20 Å². The molecule has 0 aliphatic rings. The Morgan fingerprint density at radius 1 is 1.06 bits per heavy atom. The van der Waals surface area contributed by atoms with Crippen LogP contribution in [0.4, 0.5) is 5.69 Å². The fraction of sp³-hybridized carbons (Fsp3) is 0.130. The first-order chi connectivity index (χ1) is 15.5. The van der Waals surface area contributed by atoms with Gasteiger partial charge in [-0.15, -0.1) is 10.2 Å². The number of halogens is 1. The average molecular weight is 451 g/mol. The number of esters is 1. The fourth-order valence-electron chi connectivity index (χ4n) is 3.15. The lowest BCUT2D eigenvalue weighted by Crippen LogP contribution is -2.26. The lowest BCUT2D eigenvalue weighted by molar-refractivity contribution is -0.125. The number of carbonyl (C=O) groups excluding carboxylic acids is 2. The molecular weight excluding hydrogens is 432 g/mol. The van der Waals surface area contributed by atoms with Crippen LogP contribution in [0.5, 0.6) is 5.75 Å². The van der Waals surface area contributed by atoms with Crippen LogP contribution in [-0.4, -0.2) is 33.6 Å². The summed E-state index contributed by atoms with van der Waals surface area (Å²) in [6, 6.07) is 16.9. The van der Waals surface area contributed by atoms with Crippen LogP contribution in [0, 0.1) is 6.92 Å². The summed E-state index contributed by atoms with van der Waals surface area (Å²) < 4.78 is 12.4. The van der Waals surface area contributed by atoms with Crippen molar-refractivity contribution in [1.29, 1.82) is 0 Å². The van der Waals surface area contributed by atoms with Crippen molar-refractivity contribution in [3.63, 3.8) is 0 Å². The SMILES string of the molecule is COc1ccc(NC(=O)C(OC(=O)c2ccc3nnc(C)n3c2)c2ccccc2)cc1Cl. The second kappa shape index (κ2) is 9.07. The molecule has 1 amide bonds. The van der Waals surface area contributed by atoms with Gasteiger partial charge in [-0.1, -0.05) is 41.9 Å². The summed E-state index contributed by atoms with van der Waals surface area (Å²) in [5.41, 5.74) is 1.84. The molecule has 9 heteroatoms. The molecule has 0 fully saturated rings. The number of ether oxygens (including phenoxy) is 2. The minimum absolute atomic E-state index is 0.265. The van der Waals surface area contributed by atoms with Gasteiger partial charge in [0.05, 0.1) is 17.7 Å². The normalized spacial score (nSPS) is 11.7. The van der Waals surface area contributed by atoms with E-state index in [-0.39, 0.29) is 5.56 Å². The van der Waals surface area contributed by atoms with E-state index in [1.165, 1.54) is 7.11 Å². The van der Waals surface area contributed by atoms with Gasteiger partial charge < -0.3 is 14.8 Å². The third kappa shape index (κ3) is 4.40. The van der Waals surface area contributed by atoms with Crippen LogP contribution >= 0.6 is 11.6 Å². The number of aromatic nitrogens is 3. The fourth-order valence-corrected chi connectivity index (χ4v) is 3.41. The maximum atomic E-state index is 13.1. The Morgan fingerprint density at radius 3 is 2.56 bits per heavy atom. The van der Waals surface area contributed by atoms with Crippen LogP contribution in [0.2, 0.25) is 5.02 Å². The third-order valence-corrected chi connectivity index (χ3v) is 5.09. The molecule has 0 spiro atoms. The van der Waals surface area contributed by atoms with Gasteiger partial charge in [-0.05, 0) is 37.3 Å². The minimum Gasteiger partial charge on any atom is -0.495 e. The average Bonchev–Trinajstić information content (AvgIpc) is 3.18. The Kier molecular flexibility index (Phi) is 6.04. The van der Waals surface area contributed by atoms with Crippen molar-refractivity contribution in [2.24, 2.45) is 0 Å². The highest BCUT2D eigenvalue weighted by molar-refractivity contribution is 6.32. The van der Waals surface area contributed by atoms with E-state index in [4.69, 9.17) is 21.1 Å². The third-order valence-electron chi connectivity index (χ3n) is 4.79. The van der Waals surface area contributed by atoms with Crippen molar-refractivity contribution in [2.75, 3.05) is 12.4 Å². The van der Waals surface area contributed by atoms with E-state index < -0.39 is 18.0 Å². The van der Waals surface area contributed by atoms with Crippen molar-refractivity contribution in [2.45, 2.75) is 13.0 Å². The highest BCUT2D eigenvalue weighted by Gasteiger charge is 2.26. The Labute approximate surface area is 188 Å². The van der Waals surface area contributed by atoms with Crippen molar-refractivity contribution in [3.8, 4) is 5.75 Å². The quantitative estimate of drug-likeness (QED) is 0.441. The van der Waals surface area contributed by atoms with Gasteiger partial charge in [-0.25, -0.2) is 4.79 Å². The number of pyridine rings is 1. The molecule has 4 rings (SSSR count). The maximum Gasteiger partial charge on any atom is 0.340 e. The number of aryl methyl sites for hydroxylation is 1. The smallest absolute Gasteiger partial charge is 0.340 e. The minimum atomic E-state index is -1.18. The van der Waals surface area contributed by atoms with Gasteiger partial charge in [0.15, 0.2) is 5.65 Å². The number of anilines is 1. The number of hydrogen-bond acceptors (Lipinski definition) is 6. The summed E-state index contributed by atoms with van der Waals surface area (Å²) in [5, 5.41) is 11.1. The van der Waals surface area contributed by atoms with Gasteiger partial charge in [-0.2, -0.15) is 0 Å². The van der Waals surface area contributed by atoms with Gasteiger partial charge in [0.25, 0.3) is 5.91 Å². The Balaban J connectivity index is 1.60. The number of fused-ring (bicyclic) bond motifs is 1. The summed E-state index contributed by atoms with van der Waals surface area (Å²) in [7, 11) is 1.50. The molecule has 0 aliphatic carbocycles. The summed E-state index contributed by atoms with van der Waals surface area (Å²) in [6.45, 7) is 1.77.